The fraction of sp³-hybridized carbons (Fsp3) is 0.278. The summed E-state index contributed by atoms with van der Waals surface area (Å²) in [6.07, 6.45) is 0. The molecule has 0 bridgehead atoms. The molecule has 1 fully saturated rings. The summed E-state index contributed by atoms with van der Waals surface area (Å²) in [5.41, 5.74) is 0.818. The van der Waals surface area contributed by atoms with Crippen molar-refractivity contribution in [3.63, 3.8) is 0 Å². The van der Waals surface area contributed by atoms with Gasteiger partial charge in [0.2, 0.25) is 10.0 Å². The first-order valence-electron chi connectivity index (χ1n) is 8.40. The average Bonchev–Trinajstić information content (AvgIpc) is 2.68. The zero-order valence-corrected chi connectivity index (χ0v) is 17.6. The number of halogens is 2. The molecule has 0 saturated carbocycles. The van der Waals surface area contributed by atoms with E-state index in [1.807, 2.05) is 12.1 Å². The van der Waals surface area contributed by atoms with Gasteiger partial charge in [-0.05, 0) is 29.8 Å². The first-order chi connectivity index (χ1) is 12.9. The molecule has 1 N–H and O–H groups in total. The Morgan fingerprint density at radius 1 is 1.07 bits per heavy atom. The molecule has 0 spiro atoms. The van der Waals surface area contributed by atoms with E-state index in [2.05, 4.69) is 21.2 Å². The highest BCUT2D eigenvalue weighted by Gasteiger charge is 2.29. The predicted molar refractivity (Wildman–Crippen MR) is 108 cm³/mol. The third kappa shape index (κ3) is 4.82. The van der Waals surface area contributed by atoms with E-state index < -0.39 is 10.0 Å². The van der Waals surface area contributed by atoms with Crippen molar-refractivity contribution in [2.75, 3.05) is 26.2 Å². The number of rotatable bonds is 4. The van der Waals surface area contributed by atoms with Crippen LogP contribution in [0.1, 0.15) is 5.56 Å². The summed E-state index contributed by atoms with van der Waals surface area (Å²) in [7, 11) is -3.52. The Hall–Kier alpha value is -1.61. The van der Waals surface area contributed by atoms with Gasteiger partial charge in [0.15, 0.2) is 0 Å². The number of hydrogen-bond acceptors (Lipinski definition) is 3. The van der Waals surface area contributed by atoms with Crippen molar-refractivity contribution in [3.05, 3.63) is 63.6 Å². The minimum Gasteiger partial charge on any atom is -0.334 e. The molecule has 1 aliphatic heterocycles. The van der Waals surface area contributed by atoms with Crippen molar-refractivity contribution in [2.45, 2.75) is 11.4 Å². The Morgan fingerprint density at radius 2 is 1.74 bits per heavy atom. The molecule has 0 unspecified atom stereocenters. The molecule has 6 nitrogen and oxygen atoms in total. The van der Waals surface area contributed by atoms with Crippen LogP contribution in [0.25, 0.3) is 0 Å². The zero-order valence-electron chi connectivity index (χ0n) is 14.4. The maximum absolute atomic E-state index is 12.6. The maximum Gasteiger partial charge on any atom is 0.317 e. The van der Waals surface area contributed by atoms with Gasteiger partial charge in [0.25, 0.3) is 0 Å². The number of carbonyl (C=O) groups excluding carboxylic acids is 1. The van der Waals surface area contributed by atoms with Gasteiger partial charge in [0.05, 0.1) is 4.90 Å². The van der Waals surface area contributed by atoms with E-state index in [-0.39, 0.29) is 24.0 Å². The fourth-order valence-corrected chi connectivity index (χ4v) is 5.00. The number of urea groups is 1. The average molecular weight is 473 g/mol. The molecule has 2 aromatic rings. The smallest absolute Gasteiger partial charge is 0.317 e. The fourth-order valence-electron chi connectivity index (χ4n) is 2.82. The zero-order chi connectivity index (χ0) is 19.4. The van der Waals surface area contributed by atoms with E-state index in [0.29, 0.717) is 24.7 Å². The lowest BCUT2D eigenvalue weighted by molar-refractivity contribution is 0.172. The van der Waals surface area contributed by atoms with Crippen LogP contribution < -0.4 is 5.32 Å². The van der Waals surface area contributed by atoms with Crippen LogP contribution in [0.2, 0.25) is 5.02 Å². The summed E-state index contributed by atoms with van der Waals surface area (Å²) in [6, 6.07) is 13.6. The van der Waals surface area contributed by atoms with Gasteiger partial charge in [-0.1, -0.05) is 51.8 Å². The third-order valence-electron chi connectivity index (χ3n) is 4.35. The Morgan fingerprint density at radius 3 is 2.37 bits per heavy atom. The maximum atomic E-state index is 12.6. The molecular formula is C18H19BrClN3O3S. The molecule has 27 heavy (non-hydrogen) atoms. The van der Waals surface area contributed by atoms with Crippen molar-refractivity contribution in [1.29, 1.82) is 0 Å². The lowest BCUT2D eigenvalue weighted by Gasteiger charge is -2.34. The van der Waals surface area contributed by atoms with Crippen LogP contribution in [-0.4, -0.2) is 49.8 Å². The SMILES string of the molecule is O=C(NCc1ccc(Br)cc1Cl)N1CCN(S(=O)(=O)c2ccccc2)CC1. The van der Waals surface area contributed by atoms with Crippen molar-refractivity contribution in [3.8, 4) is 0 Å². The summed E-state index contributed by atoms with van der Waals surface area (Å²) in [4.78, 5) is 14.3. The Balaban J connectivity index is 1.55. The molecule has 0 atom stereocenters. The molecule has 0 radical (unpaired) electrons. The first kappa shape index (κ1) is 20.1. The topological polar surface area (TPSA) is 69.7 Å². The quantitative estimate of drug-likeness (QED) is 0.742. The van der Waals surface area contributed by atoms with Crippen molar-refractivity contribution >= 4 is 43.6 Å². The van der Waals surface area contributed by atoms with Gasteiger partial charge in [0, 0.05) is 42.2 Å². The van der Waals surface area contributed by atoms with Gasteiger partial charge in [-0.2, -0.15) is 4.31 Å². The number of carbonyl (C=O) groups is 1. The summed E-state index contributed by atoms with van der Waals surface area (Å²) in [5, 5.41) is 3.41. The van der Waals surface area contributed by atoms with Crippen molar-refractivity contribution < 1.29 is 13.2 Å². The number of piperazine rings is 1. The number of amides is 2. The first-order valence-corrected chi connectivity index (χ1v) is 11.0. The van der Waals surface area contributed by atoms with Crippen molar-refractivity contribution in [2.24, 2.45) is 0 Å². The highest BCUT2D eigenvalue weighted by molar-refractivity contribution is 9.10. The van der Waals surface area contributed by atoms with E-state index >= 15 is 0 Å². The van der Waals surface area contributed by atoms with E-state index in [9.17, 15) is 13.2 Å². The minimum absolute atomic E-state index is 0.231. The number of nitrogens with one attached hydrogen (secondary N) is 1. The number of hydrogen-bond donors (Lipinski definition) is 1. The summed E-state index contributed by atoms with van der Waals surface area (Å²) >= 11 is 9.50. The van der Waals surface area contributed by atoms with Gasteiger partial charge in [0.1, 0.15) is 0 Å². The molecule has 2 amide bonds. The van der Waals surface area contributed by atoms with E-state index in [0.717, 1.165) is 10.0 Å². The van der Waals surface area contributed by atoms with Crippen LogP contribution >= 0.6 is 27.5 Å². The van der Waals surface area contributed by atoms with Gasteiger partial charge < -0.3 is 10.2 Å². The van der Waals surface area contributed by atoms with Gasteiger partial charge >= 0.3 is 6.03 Å². The number of sulfonamides is 1. The monoisotopic (exact) mass is 471 g/mol. The summed E-state index contributed by atoms with van der Waals surface area (Å²) in [5.74, 6) is 0. The molecule has 3 rings (SSSR count). The number of nitrogens with zero attached hydrogens (tertiary/aromatic N) is 2. The number of benzene rings is 2. The standard InChI is InChI=1S/C18H19BrClN3O3S/c19-15-7-6-14(17(20)12-15)13-21-18(24)22-8-10-23(11-9-22)27(25,26)16-4-2-1-3-5-16/h1-7,12H,8-11,13H2,(H,21,24). The highest BCUT2D eigenvalue weighted by Crippen LogP contribution is 2.21. The van der Waals surface area contributed by atoms with E-state index in [1.54, 1.807) is 41.3 Å². The molecular weight excluding hydrogens is 454 g/mol. The van der Waals surface area contributed by atoms with E-state index in [4.69, 9.17) is 11.6 Å². The Bertz CT molecular complexity index is 917. The molecule has 1 saturated heterocycles. The normalized spacial score (nSPS) is 15.6. The molecule has 9 heteroatoms. The second kappa shape index (κ2) is 8.60. The second-order valence-corrected chi connectivity index (χ2v) is 9.36. The van der Waals surface area contributed by atoms with Crippen LogP contribution in [0.4, 0.5) is 4.79 Å². The highest BCUT2D eigenvalue weighted by atomic mass is 79.9. The van der Waals surface area contributed by atoms with Crippen LogP contribution in [0.3, 0.4) is 0 Å². The summed E-state index contributed by atoms with van der Waals surface area (Å²) in [6.45, 7) is 1.53. The molecule has 1 heterocycles. The van der Waals surface area contributed by atoms with Crippen LogP contribution in [0, 0.1) is 0 Å². The lowest BCUT2D eigenvalue weighted by atomic mass is 10.2. The molecule has 144 valence electrons. The van der Waals surface area contributed by atoms with E-state index in [1.165, 1.54) is 4.31 Å². The van der Waals surface area contributed by atoms with Crippen molar-refractivity contribution in [1.82, 2.24) is 14.5 Å². The molecule has 0 aliphatic carbocycles. The largest absolute Gasteiger partial charge is 0.334 e. The van der Waals surface area contributed by atoms with Gasteiger partial charge in [-0.3, -0.25) is 0 Å². The minimum atomic E-state index is -3.52. The Labute approximate surface area is 172 Å². The van der Waals surface area contributed by atoms with Crippen LogP contribution in [-0.2, 0) is 16.6 Å². The van der Waals surface area contributed by atoms with Crippen LogP contribution in [0.15, 0.2) is 57.9 Å². The lowest BCUT2D eigenvalue weighted by Crippen LogP contribution is -2.52. The van der Waals surface area contributed by atoms with Gasteiger partial charge in [-0.25, -0.2) is 13.2 Å². The second-order valence-electron chi connectivity index (χ2n) is 6.10. The summed E-state index contributed by atoms with van der Waals surface area (Å²) < 4.78 is 27.5. The molecule has 2 aromatic carbocycles. The Kier molecular flexibility index (Phi) is 6.41. The van der Waals surface area contributed by atoms with Gasteiger partial charge in [-0.15, -0.1) is 0 Å². The molecule has 1 aliphatic rings. The third-order valence-corrected chi connectivity index (χ3v) is 7.11. The van der Waals surface area contributed by atoms with Crippen LogP contribution in [0.5, 0.6) is 0 Å². The molecule has 0 aromatic heterocycles. The predicted octanol–water partition coefficient (Wildman–Crippen LogP) is 3.32.